The molecule has 0 unspecified atom stereocenters. The molecule has 0 bridgehead atoms. The molecule has 0 radical (unpaired) electrons. The van der Waals surface area contributed by atoms with E-state index in [1.807, 2.05) is 0 Å². The Bertz CT molecular complexity index is 848. The number of non-ortho nitro benzene ring substituents is 1. The van der Waals surface area contributed by atoms with Crippen LogP contribution in [0, 0.1) is 10.1 Å². The van der Waals surface area contributed by atoms with Crippen molar-refractivity contribution >= 4 is 23.4 Å². The molecule has 26 heavy (non-hydrogen) atoms. The molecule has 0 spiro atoms. The Morgan fingerprint density at radius 3 is 2.27 bits per heavy atom. The fraction of sp³-hybridized carbons (Fsp3) is 0.167. The predicted octanol–water partition coefficient (Wildman–Crippen LogP) is 3.27. The van der Waals surface area contributed by atoms with Gasteiger partial charge in [0.2, 0.25) is 5.91 Å². The zero-order valence-corrected chi connectivity index (χ0v) is 14.5. The topological polar surface area (TPSA) is 99.9 Å². The van der Waals surface area contributed by atoms with Crippen molar-refractivity contribution in [3.8, 4) is 17.2 Å². The quantitative estimate of drug-likeness (QED) is 0.463. The molecule has 0 saturated heterocycles. The van der Waals surface area contributed by atoms with E-state index in [2.05, 4.69) is 5.32 Å². The number of amides is 1. The standard InChI is InChI=1S/C18H18N2O6/c1-24-15-8-6-13(20(22)23)11-14(15)19-18(21)9-5-12-4-7-16(25-2)17(10-12)26-3/h4-11H,1-3H3,(H,19,21)/b9-5+. The Kier molecular flexibility index (Phi) is 6.15. The third-order valence-corrected chi connectivity index (χ3v) is 3.49. The molecule has 8 heteroatoms. The highest BCUT2D eigenvalue weighted by molar-refractivity contribution is 6.03. The van der Waals surface area contributed by atoms with Crippen molar-refractivity contribution in [1.82, 2.24) is 0 Å². The van der Waals surface area contributed by atoms with Crippen LogP contribution in [0.4, 0.5) is 11.4 Å². The SMILES string of the molecule is COc1ccc([N+](=O)[O-])cc1NC(=O)/C=C/c1ccc(OC)c(OC)c1. The van der Waals surface area contributed by atoms with Crippen LogP contribution in [-0.2, 0) is 4.79 Å². The number of benzene rings is 2. The number of rotatable bonds is 7. The minimum absolute atomic E-state index is 0.148. The van der Waals surface area contributed by atoms with Crippen LogP contribution in [0.5, 0.6) is 17.2 Å². The second kappa shape index (κ2) is 8.52. The summed E-state index contributed by atoms with van der Waals surface area (Å²) in [6.07, 6.45) is 2.89. The van der Waals surface area contributed by atoms with E-state index >= 15 is 0 Å². The first-order chi connectivity index (χ1) is 12.5. The lowest BCUT2D eigenvalue weighted by Gasteiger charge is -2.09. The van der Waals surface area contributed by atoms with Crippen molar-refractivity contribution in [2.45, 2.75) is 0 Å². The van der Waals surface area contributed by atoms with E-state index in [4.69, 9.17) is 14.2 Å². The molecular weight excluding hydrogens is 340 g/mol. The maximum atomic E-state index is 12.1. The maximum Gasteiger partial charge on any atom is 0.271 e. The van der Waals surface area contributed by atoms with Crippen molar-refractivity contribution in [3.05, 3.63) is 58.2 Å². The predicted molar refractivity (Wildman–Crippen MR) is 96.9 cm³/mol. The molecule has 0 saturated carbocycles. The number of hydrogen-bond donors (Lipinski definition) is 1. The van der Waals surface area contributed by atoms with Gasteiger partial charge in [-0.25, -0.2) is 0 Å². The van der Waals surface area contributed by atoms with Crippen molar-refractivity contribution in [2.24, 2.45) is 0 Å². The van der Waals surface area contributed by atoms with Crippen LogP contribution in [0.2, 0.25) is 0 Å². The fourth-order valence-corrected chi connectivity index (χ4v) is 2.21. The van der Waals surface area contributed by atoms with E-state index in [1.165, 1.54) is 45.6 Å². The summed E-state index contributed by atoms with van der Waals surface area (Å²) in [6.45, 7) is 0. The molecule has 8 nitrogen and oxygen atoms in total. The van der Waals surface area contributed by atoms with Crippen LogP contribution in [0.15, 0.2) is 42.5 Å². The molecule has 2 rings (SSSR count). The van der Waals surface area contributed by atoms with Gasteiger partial charge in [0.05, 0.1) is 31.9 Å². The first-order valence-corrected chi connectivity index (χ1v) is 7.52. The summed E-state index contributed by atoms with van der Waals surface area (Å²) in [6, 6.07) is 9.16. The molecule has 0 fully saturated rings. The van der Waals surface area contributed by atoms with Gasteiger partial charge >= 0.3 is 0 Å². The first kappa shape index (κ1) is 18.8. The van der Waals surface area contributed by atoms with Gasteiger partial charge in [-0.15, -0.1) is 0 Å². The van der Waals surface area contributed by atoms with E-state index < -0.39 is 10.8 Å². The largest absolute Gasteiger partial charge is 0.495 e. The number of ether oxygens (including phenoxy) is 3. The number of nitrogens with zero attached hydrogens (tertiary/aromatic N) is 1. The highest BCUT2D eigenvalue weighted by Crippen LogP contribution is 2.29. The Balaban J connectivity index is 2.17. The second-order valence-corrected chi connectivity index (χ2v) is 5.08. The Morgan fingerprint density at radius 2 is 1.65 bits per heavy atom. The van der Waals surface area contributed by atoms with Crippen molar-refractivity contribution < 1.29 is 23.9 Å². The van der Waals surface area contributed by atoms with Gasteiger partial charge in [0, 0.05) is 18.2 Å². The monoisotopic (exact) mass is 358 g/mol. The maximum absolute atomic E-state index is 12.1. The molecule has 2 aromatic carbocycles. The normalized spacial score (nSPS) is 10.4. The van der Waals surface area contributed by atoms with E-state index in [9.17, 15) is 14.9 Å². The number of nitro benzene ring substituents is 1. The Hall–Kier alpha value is -3.55. The summed E-state index contributed by atoms with van der Waals surface area (Å²) < 4.78 is 15.5. The van der Waals surface area contributed by atoms with Gasteiger partial charge in [-0.1, -0.05) is 6.07 Å². The van der Waals surface area contributed by atoms with Gasteiger partial charge in [0.15, 0.2) is 11.5 Å². The summed E-state index contributed by atoms with van der Waals surface area (Å²) in [5.41, 5.74) is 0.789. The fourth-order valence-electron chi connectivity index (χ4n) is 2.21. The molecule has 0 aromatic heterocycles. The highest BCUT2D eigenvalue weighted by Gasteiger charge is 2.12. The average Bonchev–Trinajstić information content (AvgIpc) is 2.65. The lowest BCUT2D eigenvalue weighted by atomic mass is 10.2. The molecule has 0 heterocycles. The Morgan fingerprint density at radius 1 is 1.00 bits per heavy atom. The third kappa shape index (κ3) is 4.50. The zero-order valence-electron chi connectivity index (χ0n) is 14.5. The van der Waals surface area contributed by atoms with E-state index in [-0.39, 0.29) is 11.4 Å². The summed E-state index contributed by atoms with van der Waals surface area (Å²) in [5, 5.41) is 13.4. The summed E-state index contributed by atoms with van der Waals surface area (Å²) in [7, 11) is 4.47. The molecule has 0 aliphatic carbocycles. The van der Waals surface area contributed by atoms with Crippen LogP contribution >= 0.6 is 0 Å². The van der Waals surface area contributed by atoms with Gasteiger partial charge in [-0.3, -0.25) is 14.9 Å². The number of nitro groups is 1. The minimum Gasteiger partial charge on any atom is -0.495 e. The number of carbonyl (C=O) groups is 1. The summed E-state index contributed by atoms with van der Waals surface area (Å²) >= 11 is 0. The summed E-state index contributed by atoms with van der Waals surface area (Å²) in [4.78, 5) is 22.5. The molecule has 0 aliphatic heterocycles. The number of nitrogens with one attached hydrogen (secondary N) is 1. The van der Waals surface area contributed by atoms with Crippen molar-refractivity contribution in [3.63, 3.8) is 0 Å². The summed E-state index contributed by atoms with van der Waals surface area (Å²) in [5.74, 6) is 0.980. The Labute approximate surface area is 150 Å². The number of anilines is 1. The molecule has 2 aromatic rings. The number of carbonyl (C=O) groups excluding carboxylic acids is 1. The molecular formula is C18H18N2O6. The van der Waals surface area contributed by atoms with E-state index in [0.717, 1.165) is 5.56 Å². The highest BCUT2D eigenvalue weighted by atomic mass is 16.6. The molecule has 0 aliphatic rings. The number of hydrogen-bond acceptors (Lipinski definition) is 6. The van der Waals surface area contributed by atoms with Gasteiger partial charge < -0.3 is 19.5 Å². The van der Waals surface area contributed by atoms with Crippen LogP contribution in [0.1, 0.15) is 5.56 Å². The average molecular weight is 358 g/mol. The molecule has 136 valence electrons. The molecule has 0 atom stereocenters. The first-order valence-electron chi connectivity index (χ1n) is 7.52. The lowest BCUT2D eigenvalue weighted by Crippen LogP contribution is -2.09. The lowest BCUT2D eigenvalue weighted by molar-refractivity contribution is -0.384. The van der Waals surface area contributed by atoms with Crippen molar-refractivity contribution in [1.29, 1.82) is 0 Å². The van der Waals surface area contributed by atoms with Crippen LogP contribution < -0.4 is 19.5 Å². The molecule has 1 N–H and O–H groups in total. The van der Waals surface area contributed by atoms with Gasteiger partial charge in [-0.2, -0.15) is 0 Å². The van der Waals surface area contributed by atoms with Crippen LogP contribution in [0.25, 0.3) is 6.08 Å². The number of methoxy groups -OCH3 is 3. The molecule has 1 amide bonds. The third-order valence-electron chi connectivity index (χ3n) is 3.49. The van der Waals surface area contributed by atoms with Gasteiger partial charge in [0.1, 0.15) is 5.75 Å². The smallest absolute Gasteiger partial charge is 0.271 e. The van der Waals surface area contributed by atoms with Gasteiger partial charge in [-0.05, 0) is 29.8 Å². The van der Waals surface area contributed by atoms with Crippen LogP contribution in [-0.4, -0.2) is 32.2 Å². The van der Waals surface area contributed by atoms with Crippen molar-refractivity contribution in [2.75, 3.05) is 26.6 Å². The zero-order chi connectivity index (χ0) is 19.1. The van der Waals surface area contributed by atoms with Gasteiger partial charge in [0.25, 0.3) is 5.69 Å². The van der Waals surface area contributed by atoms with E-state index in [0.29, 0.717) is 17.2 Å². The second-order valence-electron chi connectivity index (χ2n) is 5.08. The minimum atomic E-state index is -0.547. The van der Waals surface area contributed by atoms with E-state index in [1.54, 1.807) is 24.3 Å². The van der Waals surface area contributed by atoms with Crippen LogP contribution in [0.3, 0.4) is 0 Å².